The number of amides is 2. The van der Waals surface area contributed by atoms with Crippen LogP contribution in [0.1, 0.15) is 18.1 Å². The van der Waals surface area contributed by atoms with Crippen molar-refractivity contribution < 1.29 is 19.1 Å². The molecular formula is C22H26N2O4. The standard InChI is InChI=1S/C22H26N2O4/c1-17-15-24(12-13-27-17)21(25)20(14-18-8-4-2-5-9-18)23-22(26)28-16-19-10-6-3-7-11-19/h2-11,17,20H,12-16H2,1H3,(H,23,26)/t17-,20+/m1/s1. The van der Waals surface area contributed by atoms with Gasteiger partial charge in [-0.15, -0.1) is 0 Å². The van der Waals surface area contributed by atoms with E-state index in [0.717, 1.165) is 11.1 Å². The summed E-state index contributed by atoms with van der Waals surface area (Å²) < 4.78 is 10.8. The van der Waals surface area contributed by atoms with Gasteiger partial charge in [0.15, 0.2) is 0 Å². The molecule has 148 valence electrons. The van der Waals surface area contributed by atoms with Gasteiger partial charge in [-0.3, -0.25) is 4.79 Å². The van der Waals surface area contributed by atoms with Crippen molar-refractivity contribution in [1.82, 2.24) is 10.2 Å². The fraction of sp³-hybridized carbons (Fsp3) is 0.364. The second kappa shape index (κ2) is 9.90. The molecule has 0 aliphatic carbocycles. The Bertz CT molecular complexity index is 767. The molecule has 0 saturated carbocycles. The van der Waals surface area contributed by atoms with Gasteiger partial charge >= 0.3 is 6.09 Å². The molecule has 6 nitrogen and oxygen atoms in total. The van der Waals surface area contributed by atoms with E-state index in [1.165, 1.54) is 0 Å². The lowest BCUT2D eigenvalue weighted by atomic mass is 10.0. The van der Waals surface area contributed by atoms with Crippen LogP contribution in [-0.4, -0.2) is 48.7 Å². The molecule has 1 fully saturated rings. The highest BCUT2D eigenvalue weighted by molar-refractivity contribution is 5.86. The van der Waals surface area contributed by atoms with Gasteiger partial charge in [-0.05, 0) is 18.1 Å². The van der Waals surface area contributed by atoms with Crippen LogP contribution in [0.3, 0.4) is 0 Å². The fourth-order valence-corrected chi connectivity index (χ4v) is 3.20. The first kappa shape index (κ1) is 19.9. The summed E-state index contributed by atoms with van der Waals surface area (Å²) in [4.78, 5) is 27.1. The van der Waals surface area contributed by atoms with Crippen molar-refractivity contribution in [1.29, 1.82) is 0 Å². The van der Waals surface area contributed by atoms with Crippen LogP contribution in [0.4, 0.5) is 4.79 Å². The van der Waals surface area contributed by atoms with Gasteiger partial charge in [0.25, 0.3) is 0 Å². The zero-order valence-corrected chi connectivity index (χ0v) is 16.0. The molecule has 0 radical (unpaired) electrons. The van der Waals surface area contributed by atoms with E-state index >= 15 is 0 Å². The highest BCUT2D eigenvalue weighted by Gasteiger charge is 2.29. The van der Waals surface area contributed by atoms with Gasteiger partial charge in [0.1, 0.15) is 12.6 Å². The number of rotatable bonds is 6. The molecule has 0 aromatic heterocycles. The van der Waals surface area contributed by atoms with Gasteiger partial charge in [-0.2, -0.15) is 0 Å². The number of hydrogen-bond donors (Lipinski definition) is 1. The molecular weight excluding hydrogens is 356 g/mol. The van der Waals surface area contributed by atoms with E-state index < -0.39 is 12.1 Å². The quantitative estimate of drug-likeness (QED) is 0.834. The van der Waals surface area contributed by atoms with Crippen LogP contribution in [0.2, 0.25) is 0 Å². The molecule has 0 spiro atoms. The zero-order valence-electron chi connectivity index (χ0n) is 16.0. The summed E-state index contributed by atoms with van der Waals surface area (Å²) >= 11 is 0. The fourth-order valence-electron chi connectivity index (χ4n) is 3.20. The van der Waals surface area contributed by atoms with E-state index in [2.05, 4.69) is 5.32 Å². The van der Waals surface area contributed by atoms with Crippen LogP contribution in [-0.2, 0) is 27.3 Å². The molecule has 1 heterocycles. The molecule has 1 aliphatic heterocycles. The van der Waals surface area contributed by atoms with Gasteiger partial charge < -0.3 is 19.7 Å². The van der Waals surface area contributed by atoms with Crippen LogP contribution in [0.5, 0.6) is 0 Å². The summed E-state index contributed by atoms with van der Waals surface area (Å²) in [6.07, 6.45) is -0.203. The molecule has 3 rings (SSSR count). The number of carbonyl (C=O) groups is 2. The van der Waals surface area contributed by atoms with Crippen LogP contribution in [0.15, 0.2) is 60.7 Å². The molecule has 0 bridgehead atoms. The molecule has 28 heavy (non-hydrogen) atoms. The average molecular weight is 382 g/mol. The Balaban J connectivity index is 1.64. The largest absolute Gasteiger partial charge is 0.445 e. The number of hydrogen-bond acceptors (Lipinski definition) is 4. The summed E-state index contributed by atoms with van der Waals surface area (Å²) in [6, 6.07) is 18.4. The minimum absolute atomic E-state index is 0.0138. The van der Waals surface area contributed by atoms with Crippen molar-refractivity contribution in [3.8, 4) is 0 Å². The summed E-state index contributed by atoms with van der Waals surface area (Å²) in [5.41, 5.74) is 1.87. The maximum Gasteiger partial charge on any atom is 0.408 e. The van der Waals surface area contributed by atoms with Crippen LogP contribution in [0, 0.1) is 0 Å². The molecule has 0 unspecified atom stereocenters. The Morgan fingerprint density at radius 3 is 2.39 bits per heavy atom. The van der Waals surface area contributed by atoms with E-state index in [1.807, 2.05) is 67.6 Å². The Morgan fingerprint density at radius 2 is 1.75 bits per heavy atom. The number of morpholine rings is 1. The van der Waals surface area contributed by atoms with E-state index in [1.54, 1.807) is 4.90 Å². The Morgan fingerprint density at radius 1 is 1.11 bits per heavy atom. The smallest absolute Gasteiger partial charge is 0.408 e. The zero-order chi connectivity index (χ0) is 19.8. The lowest BCUT2D eigenvalue weighted by Crippen LogP contribution is -2.54. The number of nitrogens with zero attached hydrogens (tertiary/aromatic N) is 1. The maximum atomic E-state index is 13.1. The van der Waals surface area contributed by atoms with Gasteiger partial charge in [-0.25, -0.2) is 4.79 Å². The normalized spacial score (nSPS) is 17.6. The summed E-state index contributed by atoms with van der Waals surface area (Å²) in [6.45, 7) is 3.64. The van der Waals surface area contributed by atoms with Gasteiger partial charge in [-0.1, -0.05) is 60.7 Å². The van der Waals surface area contributed by atoms with Gasteiger partial charge in [0, 0.05) is 19.5 Å². The third-order valence-electron chi connectivity index (χ3n) is 4.64. The summed E-state index contributed by atoms with van der Waals surface area (Å²) in [7, 11) is 0. The molecule has 1 N–H and O–H groups in total. The number of nitrogens with one attached hydrogen (secondary N) is 1. The number of alkyl carbamates (subject to hydrolysis) is 1. The van der Waals surface area contributed by atoms with E-state index in [0.29, 0.717) is 26.1 Å². The molecule has 1 saturated heterocycles. The van der Waals surface area contributed by atoms with Crippen molar-refractivity contribution >= 4 is 12.0 Å². The molecule has 6 heteroatoms. The van der Waals surface area contributed by atoms with Crippen molar-refractivity contribution in [2.75, 3.05) is 19.7 Å². The topological polar surface area (TPSA) is 67.9 Å². The SMILES string of the molecule is C[C@@H]1CN(C(=O)[C@H](Cc2ccccc2)NC(=O)OCc2ccccc2)CCO1. The molecule has 2 amide bonds. The number of carbonyl (C=O) groups excluding carboxylic acids is 2. The minimum atomic E-state index is -0.684. The third-order valence-corrected chi connectivity index (χ3v) is 4.64. The molecule has 1 aliphatic rings. The average Bonchev–Trinajstić information content (AvgIpc) is 2.73. The molecule has 2 atom stereocenters. The Hall–Kier alpha value is -2.86. The second-order valence-corrected chi connectivity index (χ2v) is 6.91. The van der Waals surface area contributed by atoms with Crippen molar-refractivity contribution in [3.05, 3.63) is 71.8 Å². The second-order valence-electron chi connectivity index (χ2n) is 6.91. The highest BCUT2D eigenvalue weighted by Crippen LogP contribution is 2.11. The van der Waals surface area contributed by atoms with E-state index in [-0.39, 0.29) is 18.6 Å². The van der Waals surface area contributed by atoms with Crippen LogP contribution >= 0.6 is 0 Å². The van der Waals surface area contributed by atoms with Gasteiger partial charge in [0.2, 0.25) is 5.91 Å². The first-order chi connectivity index (χ1) is 13.6. The summed E-state index contributed by atoms with van der Waals surface area (Å²) in [5.74, 6) is -0.115. The van der Waals surface area contributed by atoms with Crippen molar-refractivity contribution in [2.24, 2.45) is 0 Å². The first-order valence-corrected chi connectivity index (χ1v) is 9.53. The lowest BCUT2D eigenvalue weighted by molar-refractivity contribution is -0.140. The predicted molar refractivity (Wildman–Crippen MR) is 106 cm³/mol. The first-order valence-electron chi connectivity index (χ1n) is 9.53. The van der Waals surface area contributed by atoms with Crippen LogP contribution in [0.25, 0.3) is 0 Å². The van der Waals surface area contributed by atoms with E-state index in [4.69, 9.17) is 9.47 Å². The van der Waals surface area contributed by atoms with Crippen molar-refractivity contribution in [3.63, 3.8) is 0 Å². The monoisotopic (exact) mass is 382 g/mol. The Kier molecular flexibility index (Phi) is 7.03. The predicted octanol–water partition coefficient (Wildman–Crippen LogP) is 2.77. The summed E-state index contributed by atoms with van der Waals surface area (Å²) in [5, 5.41) is 2.75. The lowest BCUT2D eigenvalue weighted by Gasteiger charge is -2.33. The van der Waals surface area contributed by atoms with Crippen molar-refractivity contribution in [2.45, 2.75) is 32.1 Å². The van der Waals surface area contributed by atoms with Crippen LogP contribution < -0.4 is 5.32 Å². The Labute approximate surface area is 165 Å². The van der Waals surface area contributed by atoms with E-state index in [9.17, 15) is 9.59 Å². The molecule has 2 aromatic rings. The highest BCUT2D eigenvalue weighted by atomic mass is 16.5. The number of ether oxygens (including phenoxy) is 2. The maximum absolute atomic E-state index is 13.1. The minimum Gasteiger partial charge on any atom is -0.445 e. The third kappa shape index (κ3) is 5.82. The number of benzene rings is 2. The van der Waals surface area contributed by atoms with Gasteiger partial charge in [0.05, 0.1) is 12.7 Å². The molecule has 2 aromatic carbocycles.